The van der Waals surface area contributed by atoms with E-state index in [4.69, 9.17) is 0 Å². The summed E-state index contributed by atoms with van der Waals surface area (Å²) in [7, 11) is 0. The normalized spacial score (nSPS) is 18.6. The van der Waals surface area contributed by atoms with Crippen molar-refractivity contribution < 1.29 is 14.4 Å². The second-order valence-corrected chi connectivity index (χ2v) is 10.5. The highest BCUT2D eigenvalue weighted by Crippen LogP contribution is 2.36. The summed E-state index contributed by atoms with van der Waals surface area (Å²) in [6, 6.07) is 5.98. The number of carbonyl (C=O) groups is 3. The number of benzene rings is 1. The summed E-state index contributed by atoms with van der Waals surface area (Å²) in [5.41, 5.74) is 6.32. The first-order valence-corrected chi connectivity index (χ1v) is 12.3. The second-order valence-electron chi connectivity index (χ2n) is 9.49. The van der Waals surface area contributed by atoms with E-state index in [1.165, 1.54) is 11.1 Å². The summed E-state index contributed by atoms with van der Waals surface area (Å²) < 4.78 is 0. The van der Waals surface area contributed by atoms with E-state index in [1.54, 1.807) is 16.2 Å². The SMILES string of the molecule is C=C1CCC(N2Cc3c(csc3CCC(=O)Cc3ccc(C)c(C(C)C)c3)C2=O)C(=O)C1. The van der Waals surface area contributed by atoms with Gasteiger partial charge in [-0.15, -0.1) is 11.3 Å². The Hall–Kier alpha value is -2.53. The van der Waals surface area contributed by atoms with E-state index < -0.39 is 0 Å². The van der Waals surface area contributed by atoms with E-state index in [9.17, 15) is 14.4 Å². The van der Waals surface area contributed by atoms with E-state index in [0.29, 0.717) is 44.6 Å². The monoisotopic (exact) mass is 449 g/mol. The van der Waals surface area contributed by atoms with E-state index in [2.05, 4.69) is 39.5 Å². The molecule has 5 heteroatoms. The molecule has 0 saturated heterocycles. The fraction of sp³-hybridized carbons (Fsp3) is 0.444. The van der Waals surface area contributed by atoms with Crippen LogP contribution in [-0.4, -0.2) is 28.4 Å². The van der Waals surface area contributed by atoms with Crippen LogP contribution in [-0.2, 0) is 29.0 Å². The van der Waals surface area contributed by atoms with Gasteiger partial charge in [0.15, 0.2) is 5.78 Å². The fourth-order valence-electron chi connectivity index (χ4n) is 4.91. The molecule has 0 N–H and O–H groups in total. The largest absolute Gasteiger partial charge is 0.324 e. The molecule has 2 aromatic rings. The number of thiophene rings is 1. The molecule has 168 valence electrons. The number of ketones is 2. The summed E-state index contributed by atoms with van der Waals surface area (Å²) in [6.07, 6.45) is 3.40. The molecule has 4 rings (SSSR count). The number of allylic oxidation sites excluding steroid dienone is 1. The topological polar surface area (TPSA) is 54.5 Å². The Bertz CT molecular complexity index is 1090. The van der Waals surface area contributed by atoms with Gasteiger partial charge in [0.05, 0.1) is 11.6 Å². The summed E-state index contributed by atoms with van der Waals surface area (Å²) in [5.74, 6) is 0.709. The van der Waals surface area contributed by atoms with Crippen LogP contribution >= 0.6 is 11.3 Å². The zero-order chi connectivity index (χ0) is 23.0. The minimum Gasteiger partial charge on any atom is -0.324 e. The molecule has 32 heavy (non-hydrogen) atoms. The van der Waals surface area contributed by atoms with Crippen molar-refractivity contribution in [2.24, 2.45) is 0 Å². The third-order valence-electron chi connectivity index (χ3n) is 6.74. The number of nitrogens with zero attached hydrogens (tertiary/aromatic N) is 1. The third-order valence-corrected chi connectivity index (χ3v) is 7.83. The Morgan fingerprint density at radius 2 is 2.06 bits per heavy atom. The van der Waals surface area contributed by atoms with Gasteiger partial charge >= 0.3 is 0 Å². The van der Waals surface area contributed by atoms with Crippen molar-refractivity contribution in [3.05, 3.63) is 68.4 Å². The van der Waals surface area contributed by atoms with Crippen LogP contribution in [0.15, 0.2) is 35.7 Å². The van der Waals surface area contributed by atoms with Gasteiger partial charge in [-0.25, -0.2) is 0 Å². The maximum absolute atomic E-state index is 12.9. The number of Topliss-reactive ketones (excluding diaryl/α,β-unsaturated/α-hetero) is 2. The number of fused-ring (bicyclic) bond motifs is 1. The standard InChI is InChI=1S/C27H31NO3S/c1-16(2)21-13-19(7-6-18(21)4)12-20(29)8-10-26-22-14-28(27(31)23(22)15-32-26)24-9-5-17(3)11-25(24)30/h6-7,13,15-16,24H,3,5,8-12,14H2,1-2,4H3. The Labute approximate surface area is 194 Å². The van der Waals surface area contributed by atoms with Crippen LogP contribution in [0.2, 0.25) is 0 Å². The molecule has 1 amide bonds. The molecular formula is C27H31NO3S. The maximum atomic E-state index is 12.9. The summed E-state index contributed by atoms with van der Waals surface area (Å²) in [6.45, 7) is 10.9. The van der Waals surface area contributed by atoms with Gasteiger partial charge in [0.25, 0.3) is 5.91 Å². The number of hydrogen-bond acceptors (Lipinski definition) is 4. The van der Waals surface area contributed by atoms with Crippen molar-refractivity contribution in [2.75, 3.05) is 0 Å². The number of amides is 1. The molecule has 1 aliphatic carbocycles. The van der Waals surface area contributed by atoms with Gasteiger partial charge in [0.1, 0.15) is 5.78 Å². The van der Waals surface area contributed by atoms with E-state index in [1.807, 2.05) is 11.4 Å². The molecule has 4 nitrogen and oxygen atoms in total. The average Bonchev–Trinajstić information content (AvgIpc) is 3.28. The summed E-state index contributed by atoms with van der Waals surface area (Å²) in [5, 5.41) is 1.90. The zero-order valence-corrected chi connectivity index (χ0v) is 20.0. The van der Waals surface area contributed by atoms with Crippen LogP contribution in [0.1, 0.15) is 82.9 Å². The first kappa shape index (κ1) is 22.7. The molecule has 1 atom stereocenters. The molecule has 1 aromatic carbocycles. The highest BCUT2D eigenvalue weighted by Gasteiger charge is 2.39. The van der Waals surface area contributed by atoms with Crippen molar-refractivity contribution >= 4 is 28.8 Å². The first-order chi connectivity index (χ1) is 15.2. The van der Waals surface area contributed by atoms with Crippen molar-refractivity contribution in [1.82, 2.24) is 4.90 Å². The van der Waals surface area contributed by atoms with E-state index in [-0.39, 0.29) is 23.5 Å². The molecular weight excluding hydrogens is 418 g/mol. The average molecular weight is 450 g/mol. The van der Waals surface area contributed by atoms with Crippen LogP contribution in [0.25, 0.3) is 0 Å². The van der Waals surface area contributed by atoms with Crippen molar-refractivity contribution in [3.8, 4) is 0 Å². The van der Waals surface area contributed by atoms with Crippen LogP contribution < -0.4 is 0 Å². The van der Waals surface area contributed by atoms with Gasteiger partial charge in [-0.1, -0.05) is 44.2 Å². The van der Waals surface area contributed by atoms with Gasteiger partial charge in [0, 0.05) is 36.1 Å². The van der Waals surface area contributed by atoms with Crippen molar-refractivity contribution in [1.29, 1.82) is 0 Å². The van der Waals surface area contributed by atoms with Crippen molar-refractivity contribution in [2.45, 2.75) is 77.8 Å². The van der Waals surface area contributed by atoms with Gasteiger partial charge in [-0.05, 0) is 54.4 Å². The van der Waals surface area contributed by atoms with E-state index >= 15 is 0 Å². The lowest BCUT2D eigenvalue weighted by atomic mass is 9.89. The molecule has 2 heterocycles. The molecule has 0 radical (unpaired) electrons. The van der Waals surface area contributed by atoms with Gasteiger partial charge < -0.3 is 4.90 Å². The molecule has 0 spiro atoms. The third kappa shape index (κ3) is 4.49. The Kier molecular flexibility index (Phi) is 6.47. The molecule has 1 aliphatic heterocycles. The summed E-state index contributed by atoms with van der Waals surface area (Å²) in [4.78, 5) is 40.9. The quantitative estimate of drug-likeness (QED) is 0.520. The lowest BCUT2D eigenvalue weighted by molar-refractivity contribution is -0.124. The Morgan fingerprint density at radius 3 is 2.78 bits per heavy atom. The maximum Gasteiger partial charge on any atom is 0.255 e. The van der Waals surface area contributed by atoms with Crippen LogP contribution in [0.4, 0.5) is 0 Å². The number of carbonyl (C=O) groups excluding carboxylic acids is 3. The fourth-order valence-corrected chi connectivity index (χ4v) is 5.95. The van der Waals surface area contributed by atoms with Gasteiger partial charge in [-0.2, -0.15) is 0 Å². The minimum absolute atomic E-state index is 0.0411. The molecule has 0 bridgehead atoms. The predicted molar refractivity (Wildman–Crippen MR) is 128 cm³/mol. The molecule has 2 aliphatic rings. The molecule has 1 saturated carbocycles. The highest BCUT2D eigenvalue weighted by atomic mass is 32.1. The van der Waals surface area contributed by atoms with Crippen LogP contribution in [0.3, 0.4) is 0 Å². The summed E-state index contributed by atoms with van der Waals surface area (Å²) >= 11 is 1.56. The lowest BCUT2D eigenvalue weighted by Gasteiger charge is -2.30. The number of aryl methyl sites for hydroxylation is 2. The second kappa shape index (κ2) is 9.14. The Balaban J connectivity index is 1.39. The predicted octanol–water partition coefficient (Wildman–Crippen LogP) is 5.56. The molecule has 1 fully saturated rings. The van der Waals surface area contributed by atoms with Crippen LogP contribution in [0.5, 0.6) is 0 Å². The first-order valence-electron chi connectivity index (χ1n) is 11.4. The lowest BCUT2D eigenvalue weighted by Crippen LogP contribution is -2.43. The zero-order valence-electron chi connectivity index (χ0n) is 19.2. The van der Waals surface area contributed by atoms with Crippen molar-refractivity contribution in [3.63, 3.8) is 0 Å². The highest BCUT2D eigenvalue weighted by molar-refractivity contribution is 7.10. The minimum atomic E-state index is -0.337. The van der Waals surface area contributed by atoms with Gasteiger partial charge in [-0.3, -0.25) is 14.4 Å². The smallest absolute Gasteiger partial charge is 0.255 e. The number of hydrogen-bond donors (Lipinski definition) is 0. The van der Waals surface area contributed by atoms with E-state index in [0.717, 1.165) is 33.6 Å². The Morgan fingerprint density at radius 1 is 1.28 bits per heavy atom. The molecule has 1 unspecified atom stereocenters. The molecule has 1 aromatic heterocycles. The van der Waals surface area contributed by atoms with Gasteiger partial charge in [0.2, 0.25) is 0 Å². The number of rotatable bonds is 7. The van der Waals surface area contributed by atoms with Crippen LogP contribution in [0, 0.1) is 6.92 Å².